The van der Waals surface area contributed by atoms with Gasteiger partial charge in [0.15, 0.2) is 0 Å². The number of hydrogen-bond acceptors (Lipinski definition) is 4. The molecular weight excluding hydrogens is 342 g/mol. The van der Waals surface area contributed by atoms with Crippen molar-refractivity contribution in [2.24, 2.45) is 5.41 Å². The van der Waals surface area contributed by atoms with Crippen molar-refractivity contribution in [3.63, 3.8) is 0 Å². The number of carbonyl (C=O) groups excluding carboxylic acids is 2. The SMILES string of the molecule is Cc1cccc(N2CCN(C(=O)C(C)(C)C(=O)N3CCOCC3)CC2)c1C. The van der Waals surface area contributed by atoms with Crippen molar-refractivity contribution in [3.8, 4) is 0 Å². The largest absolute Gasteiger partial charge is 0.378 e. The standard InChI is InChI=1S/C21H31N3O3/c1-16-6-5-7-18(17(16)2)22-8-10-23(11-9-22)19(25)21(3,4)20(26)24-12-14-27-15-13-24/h5-7H,8-15H2,1-4H3. The molecule has 0 aliphatic carbocycles. The summed E-state index contributed by atoms with van der Waals surface area (Å²) in [5, 5.41) is 0. The molecule has 0 atom stereocenters. The molecule has 0 unspecified atom stereocenters. The van der Waals surface area contributed by atoms with E-state index in [1.165, 1.54) is 16.8 Å². The fourth-order valence-electron chi connectivity index (χ4n) is 3.88. The lowest BCUT2D eigenvalue weighted by atomic mass is 9.89. The van der Waals surface area contributed by atoms with Crippen LogP contribution in [0.2, 0.25) is 0 Å². The number of piperazine rings is 1. The van der Waals surface area contributed by atoms with Crippen LogP contribution in [0, 0.1) is 19.3 Å². The van der Waals surface area contributed by atoms with Gasteiger partial charge in [0.25, 0.3) is 0 Å². The molecule has 0 spiro atoms. The van der Waals surface area contributed by atoms with Gasteiger partial charge in [-0.25, -0.2) is 0 Å². The van der Waals surface area contributed by atoms with Gasteiger partial charge >= 0.3 is 0 Å². The number of carbonyl (C=O) groups is 2. The Morgan fingerprint density at radius 2 is 1.44 bits per heavy atom. The Morgan fingerprint density at radius 1 is 0.889 bits per heavy atom. The first kappa shape index (κ1) is 19.7. The normalized spacial score (nSPS) is 18.6. The highest BCUT2D eigenvalue weighted by molar-refractivity contribution is 6.04. The Hall–Kier alpha value is -2.08. The number of hydrogen-bond donors (Lipinski definition) is 0. The summed E-state index contributed by atoms with van der Waals surface area (Å²) < 4.78 is 5.32. The van der Waals surface area contributed by atoms with Crippen LogP contribution < -0.4 is 4.90 Å². The maximum atomic E-state index is 13.1. The van der Waals surface area contributed by atoms with Gasteiger partial charge in [-0.1, -0.05) is 12.1 Å². The first-order valence-electron chi connectivity index (χ1n) is 9.80. The Morgan fingerprint density at radius 3 is 2.04 bits per heavy atom. The van der Waals surface area contributed by atoms with Crippen LogP contribution >= 0.6 is 0 Å². The molecule has 148 valence electrons. The van der Waals surface area contributed by atoms with Crippen molar-refractivity contribution < 1.29 is 14.3 Å². The van der Waals surface area contributed by atoms with Crippen LogP contribution in [0.3, 0.4) is 0 Å². The Labute approximate surface area is 162 Å². The molecule has 0 aromatic heterocycles. The summed E-state index contributed by atoms with van der Waals surface area (Å²) >= 11 is 0. The van der Waals surface area contributed by atoms with Crippen molar-refractivity contribution in [1.29, 1.82) is 0 Å². The second kappa shape index (κ2) is 7.89. The minimum Gasteiger partial charge on any atom is -0.378 e. The van der Waals surface area contributed by atoms with Crippen LogP contribution in [-0.4, -0.2) is 74.1 Å². The van der Waals surface area contributed by atoms with Gasteiger partial charge in [-0.15, -0.1) is 0 Å². The van der Waals surface area contributed by atoms with E-state index in [2.05, 4.69) is 36.9 Å². The predicted octanol–water partition coefficient (Wildman–Crippen LogP) is 1.84. The Balaban J connectivity index is 1.63. The lowest BCUT2D eigenvalue weighted by molar-refractivity contribution is -0.156. The molecule has 1 aromatic rings. The highest BCUT2D eigenvalue weighted by atomic mass is 16.5. The summed E-state index contributed by atoms with van der Waals surface area (Å²) in [6, 6.07) is 6.35. The van der Waals surface area contributed by atoms with Crippen molar-refractivity contribution in [2.45, 2.75) is 27.7 Å². The van der Waals surface area contributed by atoms with Crippen LogP contribution in [0.4, 0.5) is 5.69 Å². The van der Waals surface area contributed by atoms with Gasteiger partial charge in [0.05, 0.1) is 13.2 Å². The zero-order valence-corrected chi connectivity index (χ0v) is 17.0. The molecule has 2 saturated heterocycles. The summed E-state index contributed by atoms with van der Waals surface area (Å²) in [6.45, 7) is 12.9. The minimum atomic E-state index is -1.03. The summed E-state index contributed by atoms with van der Waals surface area (Å²) in [5.74, 6) is -0.160. The molecule has 6 heteroatoms. The third kappa shape index (κ3) is 3.95. The molecule has 2 aliphatic heterocycles. The zero-order valence-electron chi connectivity index (χ0n) is 17.0. The molecule has 2 aliphatic rings. The van der Waals surface area contributed by atoms with Crippen molar-refractivity contribution in [3.05, 3.63) is 29.3 Å². The van der Waals surface area contributed by atoms with Gasteiger partial charge in [-0.3, -0.25) is 9.59 Å². The van der Waals surface area contributed by atoms with E-state index < -0.39 is 5.41 Å². The van der Waals surface area contributed by atoms with Gasteiger partial charge in [-0.2, -0.15) is 0 Å². The van der Waals surface area contributed by atoms with Crippen molar-refractivity contribution >= 4 is 17.5 Å². The number of ether oxygens (including phenoxy) is 1. The maximum absolute atomic E-state index is 13.1. The average Bonchev–Trinajstić information content (AvgIpc) is 2.69. The number of benzene rings is 1. The molecular formula is C21H31N3O3. The van der Waals surface area contributed by atoms with E-state index in [0.29, 0.717) is 39.4 Å². The first-order chi connectivity index (χ1) is 12.8. The van der Waals surface area contributed by atoms with E-state index in [1.807, 2.05) is 4.90 Å². The fraction of sp³-hybridized carbons (Fsp3) is 0.619. The lowest BCUT2D eigenvalue weighted by Gasteiger charge is -2.41. The average molecular weight is 373 g/mol. The van der Waals surface area contributed by atoms with E-state index >= 15 is 0 Å². The van der Waals surface area contributed by atoms with Gasteiger partial charge in [0.2, 0.25) is 11.8 Å². The van der Waals surface area contributed by atoms with Gasteiger partial charge < -0.3 is 19.4 Å². The van der Waals surface area contributed by atoms with Crippen LogP contribution in [-0.2, 0) is 14.3 Å². The summed E-state index contributed by atoms with van der Waals surface area (Å²) in [6.07, 6.45) is 0. The number of amides is 2. The fourth-order valence-corrected chi connectivity index (χ4v) is 3.88. The molecule has 0 bridgehead atoms. The number of anilines is 1. The molecule has 27 heavy (non-hydrogen) atoms. The second-order valence-corrected chi connectivity index (χ2v) is 8.03. The van der Waals surface area contributed by atoms with Crippen LogP contribution in [0.15, 0.2) is 18.2 Å². The summed E-state index contributed by atoms with van der Waals surface area (Å²) in [7, 11) is 0. The number of morpholine rings is 1. The second-order valence-electron chi connectivity index (χ2n) is 8.03. The smallest absolute Gasteiger partial charge is 0.237 e. The molecule has 0 radical (unpaired) electrons. The van der Waals surface area contributed by atoms with E-state index in [4.69, 9.17) is 4.74 Å². The number of nitrogens with zero attached hydrogens (tertiary/aromatic N) is 3. The highest BCUT2D eigenvalue weighted by Gasteiger charge is 2.42. The number of rotatable bonds is 3. The van der Waals surface area contributed by atoms with E-state index in [1.54, 1.807) is 18.7 Å². The van der Waals surface area contributed by atoms with Gasteiger partial charge in [0, 0.05) is 45.0 Å². The lowest BCUT2D eigenvalue weighted by Crippen LogP contribution is -2.57. The van der Waals surface area contributed by atoms with Crippen LogP contribution in [0.25, 0.3) is 0 Å². The van der Waals surface area contributed by atoms with E-state index in [0.717, 1.165) is 13.1 Å². The first-order valence-corrected chi connectivity index (χ1v) is 9.80. The molecule has 2 amide bonds. The molecule has 0 saturated carbocycles. The zero-order chi connectivity index (χ0) is 19.6. The number of aryl methyl sites for hydroxylation is 1. The third-order valence-electron chi connectivity index (χ3n) is 5.85. The van der Waals surface area contributed by atoms with Crippen molar-refractivity contribution in [2.75, 3.05) is 57.4 Å². The molecule has 2 fully saturated rings. The highest BCUT2D eigenvalue weighted by Crippen LogP contribution is 2.27. The Kier molecular flexibility index (Phi) is 5.75. The van der Waals surface area contributed by atoms with Crippen LogP contribution in [0.5, 0.6) is 0 Å². The predicted molar refractivity (Wildman–Crippen MR) is 106 cm³/mol. The van der Waals surface area contributed by atoms with E-state index in [-0.39, 0.29) is 11.8 Å². The molecule has 6 nitrogen and oxygen atoms in total. The topological polar surface area (TPSA) is 53.1 Å². The Bertz CT molecular complexity index is 703. The van der Waals surface area contributed by atoms with Gasteiger partial charge in [0.1, 0.15) is 5.41 Å². The summed E-state index contributed by atoms with van der Waals surface area (Å²) in [5.41, 5.74) is 2.78. The molecule has 0 N–H and O–H groups in total. The minimum absolute atomic E-state index is 0.0698. The quantitative estimate of drug-likeness (QED) is 0.759. The molecule has 1 aromatic carbocycles. The van der Waals surface area contributed by atoms with Crippen molar-refractivity contribution in [1.82, 2.24) is 9.80 Å². The van der Waals surface area contributed by atoms with Gasteiger partial charge in [-0.05, 0) is 44.9 Å². The van der Waals surface area contributed by atoms with E-state index in [9.17, 15) is 9.59 Å². The summed E-state index contributed by atoms with van der Waals surface area (Å²) in [4.78, 5) is 31.9. The monoisotopic (exact) mass is 373 g/mol. The maximum Gasteiger partial charge on any atom is 0.237 e. The molecule has 3 rings (SSSR count). The van der Waals surface area contributed by atoms with Crippen LogP contribution in [0.1, 0.15) is 25.0 Å². The third-order valence-corrected chi connectivity index (χ3v) is 5.85. The molecule has 2 heterocycles.